The van der Waals surface area contributed by atoms with Crippen molar-refractivity contribution in [3.05, 3.63) is 82.3 Å². The van der Waals surface area contributed by atoms with Crippen LogP contribution in [0.15, 0.2) is 75.5 Å². The summed E-state index contributed by atoms with van der Waals surface area (Å²) in [4.78, 5) is 43.7. The molecule has 0 saturated carbocycles. The molecule has 3 rings (SSSR count). The van der Waals surface area contributed by atoms with E-state index in [9.17, 15) is 14.4 Å². The molecule has 0 aliphatic carbocycles. The molecule has 1 aromatic heterocycles. The molecule has 8 heteroatoms. The fourth-order valence-corrected chi connectivity index (χ4v) is 3.95. The Kier molecular flexibility index (Phi) is 7.26. The summed E-state index contributed by atoms with van der Waals surface area (Å²) in [6.07, 6.45) is 0. The Balaban J connectivity index is 1.58. The van der Waals surface area contributed by atoms with Crippen molar-refractivity contribution < 1.29 is 9.59 Å². The van der Waals surface area contributed by atoms with Gasteiger partial charge in [0.05, 0.1) is 11.4 Å². The highest BCUT2D eigenvalue weighted by Crippen LogP contribution is 2.22. The maximum atomic E-state index is 12.2. The van der Waals surface area contributed by atoms with Crippen molar-refractivity contribution >= 4 is 40.9 Å². The molecular weight excluding hydrogens is 406 g/mol. The van der Waals surface area contributed by atoms with Crippen LogP contribution in [-0.4, -0.2) is 27.4 Å². The van der Waals surface area contributed by atoms with E-state index in [0.29, 0.717) is 27.9 Å². The predicted molar refractivity (Wildman–Crippen MR) is 117 cm³/mol. The van der Waals surface area contributed by atoms with Gasteiger partial charge in [0.1, 0.15) is 0 Å². The number of aromatic amines is 1. The highest BCUT2D eigenvalue weighted by molar-refractivity contribution is 7.99. The van der Waals surface area contributed by atoms with E-state index in [1.165, 1.54) is 13.0 Å². The van der Waals surface area contributed by atoms with Gasteiger partial charge in [-0.2, -0.15) is 0 Å². The number of hydrogen-bond acceptors (Lipinski definition) is 6. The first-order valence-corrected chi connectivity index (χ1v) is 10.8. The van der Waals surface area contributed by atoms with Crippen molar-refractivity contribution in [2.24, 2.45) is 0 Å². The third kappa shape index (κ3) is 6.62. The molecule has 2 N–H and O–H groups in total. The van der Waals surface area contributed by atoms with Crippen LogP contribution in [0.1, 0.15) is 23.0 Å². The van der Waals surface area contributed by atoms with Crippen LogP contribution in [0.3, 0.4) is 0 Å². The van der Waals surface area contributed by atoms with Gasteiger partial charge in [-0.05, 0) is 31.2 Å². The van der Waals surface area contributed by atoms with E-state index in [0.717, 1.165) is 16.7 Å². The molecular formula is C21H19N3O3S2. The lowest BCUT2D eigenvalue weighted by Gasteiger charge is -2.07. The molecule has 0 radical (unpaired) electrons. The molecule has 148 valence electrons. The number of H-pyrrole nitrogens is 1. The van der Waals surface area contributed by atoms with Gasteiger partial charge >= 0.3 is 0 Å². The molecule has 1 heterocycles. The Bertz CT molecular complexity index is 1070. The zero-order valence-electron chi connectivity index (χ0n) is 15.7. The number of rotatable bonds is 8. The number of carbonyl (C=O) groups excluding carboxylic acids is 2. The van der Waals surface area contributed by atoms with E-state index in [4.69, 9.17) is 0 Å². The number of aromatic nitrogens is 2. The maximum absolute atomic E-state index is 12.2. The van der Waals surface area contributed by atoms with Crippen molar-refractivity contribution in [2.75, 3.05) is 11.1 Å². The quantitative estimate of drug-likeness (QED) is 0.322. The molecule has 29 heavy (non-hydrogen) atoms. The molecule has 0 bridgehead atoms. The summed E-state index contributed by atoms with van der Waals surface area (Å²) in [5.74, 6) is 0.332. The first-order valence-electron chi connectivity index (χ1n) is 8.81. The molecule has 0 aliphatic rings. The fraction of sp³-hybridized carbons (Fsp3) is 0.143. The molecule has 0 aliphatic heterocycles. The number of carbonyl (C=O) groups is 2. The summed E-state index contributed by atoms with van der Waals surface area (Å²) < 4.78 is 0. The zero-order chi connectivity index (χ0) is 20.6. The van der Waals surface area contributed by atoms with Crippen molar-refractivity contribution in [2.45, 2.75) is 22.7 Å². The van der Waals surface area contributed by atoms with Gasteiger partial charge in [0.2, 0.25) is 5.91 Å². The van der Waals surface area contributed by atoms with Crippen LogP contribution in [0.4, 0.5) is 5.69 Å². The third-order valence-corrected chi connectivity index (χ3v) is 5.71. The van der Waals surface area contributed by atoms with E-state index in [1.807, 2.05) is 30.3 Å². The van der Waals surface area contributed by atoms with Crippen LogP contribution in [0.5, 0.6) is 0 Å². The number of Topliss-reactive ketones (excluding diaryl/α,β-unsaturated/α-hetero) is 1. The minimum absolute atomic E-state index is 0.0672. The van der Waals surface area contributed by atoms with Crippen LogP contribution in [0.25, 0.3) is 0 Å². The van der Waals surface area contributed by atoms with Crippen LogP contribution in [0.2, 0.25) is 0 Å². The van der Waals surface area contributed by atoms with E-state index in [-0.39, 0.29) is 23.0 Å². The first-order chi connectivity index (χ1) is 14.0. The van der Waals surface area contributed by atoms with Crippen molar-refractivity contribution in [1.82, 2.24) is 9.97 Å². The molecule has 0 spiro atoms. The lowest BCUT2D eigenvalue weighted by molar-refractivity contribution is -0.113. The van der Waals surface area contributed by atoms with Gasteiger partial charge in [0, 0.05) is 28.0 Å². The van der Waals surface area contributed by atoms with Gasteiger partial charge in [0.25, 0.3) is 5.56 Å². The van der Waals surface area contributed by atoms with Gasteiger partial charge < -0.3 is 10.3 Å². The van der Waals surface area contributed by atoms with E-state index in [1.54, 1.807) is 36.0 Å². The average Bonchev–Trinajstić information content (AvgIpc) is 2.71. The molecule has 0 fully saturated rings. The summed E-state index contributed by atoms with van der Waals surface area (Å²) in [5, 5.41) is 3.14. The van der Waals surface area contributed by atoms with Gasteiger partial charge in [-0.25, -0.2) is 4.98 Å². The highest BCUT2D eigenvalue weighted by Gasteiger charge is 2.09. The zero-order valence-corrected chi connectivity index (χ0v) is 17.3. The Hall–Kier alpha value is -2.84. The van der Waals surface area contributed by atoms with Gasteiger partial charge in [-0.3, -0.25) is 14.4 Å². The summed E-state index contributed by atoms with van der Waals surface area (Å²) >= 11 is 2.74. The minimum atomic E-state index is -0.249. The van der Waals surface area contributed by atoms with E-state index >= 15 is 0 Å². The molecule has 0 saturated heterocycles. The average molecular weight is 426 g/mol. The Morgan fingerprint density at radius 3 is 2.59 bits per heavy atom. The van der Waals surface area contributed by atoms with Crippen LogP contribution in [0, 0.1) is 0 Å². The summed E-state index contributed by atoms with van der Waals surface area (Å²) in [6, 6.07) is 18.1. The van der Waals surface area contributed by atoms with Crippen LogP contribution >= 0.6 is 23.5 Å². The fourth-order valence-electron chi connectivity index (χ4n) is 2.45. The van der Waals surface area contributed by atoms with Crippen molar-refractivity contribution in [3.8, 4) is 0 Å². The van der Waals surface area contributed by atoms with Gasteiger partial charge in [-0.1, -0.05) is 42.1 Å². The third-order valence-electron chi connectivity index (χ3n) is 3.80. The largest absolute Gasteiger partial charge is 0.325 e. The topological polar surface area (TPSA) is 91.9 Å². The van der Waals surface area contributed by atoms with Crippen LogP contribution < -0.4 is 10.9 Å². The summed E-state index contributed by atoms with van der Waals surface area (Å²) in [5.41, 5.74) is 1.49. The Morgan fingerprint density at radius 2 is 1.83 bits per heavy atom. The second-order valence-corrected chi connectivity index (χ2v) is 8.13. The van der Waals surface area contributed by atoms with Crippen molar-refractivity contribution in [3.63, 3.8) is 0 Å². The van der Waals surface area contributed by atoms with Gasteiger partial charge in [-0.15, -0.1) is 11.8 Å². The molecule has 0 unspecified atom stereocenters. The van der Waals surface area contributed by atoms with Gasteiger partial charge in [0.15, 0.2) is 10.9 Å². The monoisotopic (exact) mass is 425 g/mol. The Labute approximate surface area is 176 Å². The standard InChI is InChI=1S/C21H19N3O3S2/c1-14(25)15-6-5-7-16(10-15)22-20(27)13-29-21-23-17(11-19(26)24-21)12-28-18-8-3-2-4-9-18/h2-11H,12-13H2,1H3,(H,22,27)(H,23,24,26). The summed E-state index contributed by atoms with van der Waals surface area (Å²) in [6.45, 7) is 1.47. The number of nitrogens with one attached hydrogen (secondary N) is 2. The predicted octanol–water partition coefficient (Wildman–Crippen LogP) is 4.00. The number of anilines is 1. The second-order valence-electron chi connectivity index (χ2n) is 6.12. The number of ketones is 1. The molecule has 1 amide bonds. The molecule has 2 aromatic carbocycles. The summed E-state index contributed by atoms with van der Waals surface area (Å²) in [7, 11) is 0. The van der Waals surface area contributed by atoms with Crippen LogP contribution in [-0.2, 0) is 10.5 Å². The lowest BCUT2D eigenvalue weighted by atomic mass is 10.1. The normalized spacial score (nSPS) is 10.5. The number of amides is 1. The lowest BCUT2D eigenvalue weighted by Crippen LogP contribution is -2.16. The maximum Gasteiger partial charge on any atom is 0.251 e. The number of thioether (sulfide) groups is 2. The molecule has 0 atom stereocenters. The van der Waals surface area contributed by atoms with Crippen molar-refractivity contribution in [1.29, 1.82) is 0 Å². The minimum Gasteiger partial charge on any atom is -0.325 e. The number of hydrogen-bond donors (Lipinski definition) is 2. The van der Waals surface area contributed by atoms with E-state index < -0.39 is 0 Å². The molecule has 6 nitrogen and oxygen atoms in total. The molecule has 3 aromatic rings. The second kappa shape index (κ2) is 10.1. The smallest absolute Gasteiger partial charge is 0.251 e. The highest BCUT2D eigenvalue weighted by atomic mass is 32.2. The Morgan fingerprint density at radius 1 is 1.03 bits per heavy atom. The first kappa shape index (κ1) is 20.9. The number of benzene rings is 2. The SMILES string of the molecule is CC(=O)c1cccc(NC(=O)CSc2nc(CSc3ccccc3)cc(=O)[nH]2)c1. The van der Waals surface area contributed by atoms with E-state index in [2.05, 4.69) is 15.3 Å². The number of nitrogens with zero attached hydrogens (tertiary/aromatic N) is 1.